The molecule has 3 saturated heterocycles. The molecule has 3 rings (SSSR count). The second-order valence-corrected chi connectivity index (χ2v) is 26.4. The van der Waals surface area contributed by atoms with Gasteiger partial charge in [0.15, 0.2) is 18.9 Å². The molecule has 0 saturated carbocycles. The van der Waals surface area contributed by atoms with Crippen LogP contribution in [-0.4, -0.2) is 193 Å². The molecule has 19 heteroatoms. The van der Waals surface area contributed by atoms with Gasteiger partial charge in [-0.25, -0.2) is 0 Å². The summed E-state index contributed by atoms with van der Waals surface area (Å²) in [6.45, 7) is 1.71. The number of aliphatic hydroxyl groups is 11. The summed E-state index contributed by atoms with van der Waals surface area (Å²) in [4.78, 5) is 13.4. The highest BCUT2D eigenvalue weighted by Crippen LogP contribution is 2.33. The first kappa shape index (κ1) is 84.0. The molecule has 17 unspecified atom stereocenters. The minimum atomic E-state index is -1.98. The Bertz CT molecular complexity index is 1860. The van der Waals surface area contributed by atoms with Crippen LogP contribution in [0.3, 0.4) is 0 Å². The first-order valence-corrected chi connectivity index (χ1v) is 36.9. The SMILES string of the molecule is CCCCCCCC/C=C\CCCCCCCC(=O)NC(COC1OC(CO)C(OC2OC(CO)C(OC3OC(CO)C(O)C(O)C3O)C(O)C2O)C(O)C1O)C(O)/C=C/CC/C=C/CC/C=C/CCCCCCCCCCCCCCCCCCCCCCCC. The number of carbonyl (C=O) groups excluding carboxylic acids is 1. The standard InChI is InChI=1S/C73H133NO18/c1-3-5-7-9-11-13-15-17-19-20-21-22-23-24-25-26-27-28-29-30-31-32-33-34-35-37-38-40-42-44-46-48-50-57(78)56(74-61(79)51-49-47-45-43-41-39-36-18-16-14-12-10-8-6-4-2)55-87-71-67(85)64(82)69(59(53-76)89-71)92-73-68(86)65(83)70(60(54-77)90-73)91-72-66(84)63(81)62(80)58(52-75)88-72/h18,34-36,40,42,48,50,56-60,62-73,75-78,80-86H,3-17,19-33,37-39,41,43-47,49,51-55H2,1-2H3,(H,74,79)/b35-34+,36-18-,42-40+,50-48+. The van der Waals surface area contributed by atoms with E-state index in [-0.39, 0.29) is 18.9 Å². The zero-order chi connectivity index (χ0) is 66.8. The van der Waals surface area contributed by atoms with Crippen LogP contribution in [-0.2, 0) is 33.2 Å². The number of rotatable bonds is 57. The van der Waals surface area contributed by atoms with Crippen molar-refractivity contribution in [2.24, 2.45) is 0 Å². The Morgan fingerprint density at radius 1 is 0.380 bits per heavy atom. The van der Waals surface area contributed by atoms with E-state index in [1.807, 2.05) is 6.08 Å². The fraction of sp³-hybridized carbons (Fsp3) is 0.877. The number of hydrogen-bond acceptors (Lipinski definition) is 18. The fourth-order valence-electron chi connectivity index (χ4n) is 12.3. The minimum Gasteiger partial charge on any atom is -0.394 e. The van der Waals surface area contributed by atoms with Crippen LogP contribution in [0, 0.1) is 0 Å². The van der Waals surface area contributed by atoms with Gasteiger partial charge < -0.3 is 89.9 Å². The first-order valence-electron chi connectivity index (χ1n) is 36.9. The lowest BCUT2D eigenvalue weighted by atomic mass is 9.96. The summed E-state index contributed by atoms with van der Waals surface area (Å²) in [6, 6.07) is -1.00. The summed E-state index contributed by atoms with van der Waals surface area (Å²) in [5, 5.41) is 120. The summed E-state index contributed by atoms with van der Waals surface area (Å²) in [6.07, 6.45) is 39.7. The molecular weight excluding hydrogens is 1180 g/mol. The number of aliphatic hydroxyl groups excluding tert-OH is 11. The van der Waals surface area contributed by atoms with Gasteiger partial charge in [-0.2, -0.15) is 0 Å². The van der Waals surface area contributed by atoms with Gasteiger partial charge in [-0.1, -0.05) is 249 Å². The molecule has 19 nitrogen and oxygen atoms in total. The molecule has 3 heterocycles. The van der Waals surface area contributed by atoms with Gasteiger partial charge in [0.05, 0.1) is 38.6 Å². The smallest absolute Gasteiger partial charge is 0.220 e. The maximum absolute atomic E-state index is 13.4. The van der Waals surface area contributed by atoms with Crippen LogP contribution in [0.15, 0.2) is 48.6 Å². The molecule has 0 aromatic heterocycles. The number of unbranched alkanes of at least 4 members (excludes halogenated alkanes) is 35. The van der Waals surface area contributed by atoms with E-state index in [0.717, 1.165) is 64.2 Å². The quantitative estimate of drug-likeness (QED) is 0.0199. The zero-order valence-corrected chi connectivity index (χ0v) is 57.0. The van der Waals surface area contributed by atoms with E-state index >= 15 is 0 Å². The molecule has 3 aliphatic rings. The van der Waals surface area contributed by atoms with Crippen molar-refractivity contribution in [2.45, 2.75) is 381 Å². The Labute approximate surface area is 554 Å². The largest absolute Gasteiger partial charge is 0.394 e. The second-order valence-electron chi connectivity index (χ2n) is 26.4. The Morgan fingerprint density at radius 3 is 1.09 bits per heavy atom. The summed E-state index contributed by atoms with van der Waals surface area (Å²) in [7, 11) is 0. The molecule has 0 aromatic rings. The molecule has 538 valence electrons. The van der Waals surface area contributed by atoms with Gasteiger partial charge in [-0.05, 0) is 70.6 Å². The fourth-order valence-corrected chi connectivity index (χ4v) is 12.3. The number of nitrogens with one attached hydrogen (secondary N) is 1. The third-order valence-electron chi connectivity index (χ3n) is 18.3. The molecule has 92 heavy (non-hydrogen) atoms. The summed E-state index contributed by atoms with van der Waals surface area (Å²) < 4.78 is 34.3. The van der Waals surface area contributed by atoms with Crippen LogP contribution >= 0.6 is 0 Å². The van der Waals surface area contributed by atoms with E-state index in [1.54, 1.807) is 6.08 Å². The highest BCUT2D eigenvalue weighted by molar-refractivity contribution is 5.76. The molecule has 3 aliphatic heterocycles. The van der Waals surface area contributed by atoms with E-state index in [9.17, 15) is 61.0 Å². The third kappa shape index (κ3) is 35.8. The van der Waals surface area contributed by atoms with Gasteiger partial charge in [-0.3, -0.25) is 4.79 Å². The lowest BCUT2D eigenvalue weighted by Crippen LogP contribution is -2.66. The second kappa shape index (κ2) is 54.7. The first-order chi connectivity index (χ1) is 44.8. The average Bonchev–Trinajstić information content (AvgIpc) is 0.837. The Balaban J connectivity index is 1.40. The van der Waals surface area contributed by atoms with Crippen molar-refractivity contribution in [1.29, 1.82) is 0 Å². The van der Waals surface area contributed by atoms with E-state index in [0.29, 0.717) is 12.8 Å². The van der Waals surface area contributed by atoms with Crippen molar-refractivity contribution < 1.29 is 89.4 Å². The summed E-state index contributed by atoms with van der Waals surface area (Å²) in [5.74, 6) is -0.297. The van der Waals surface area contributed by atoms with Crippen molar-refractivity contribution in [2.75, 3.05) is 26.4 Å². The van der Waals surface area contributed by atoms with Gasteiger partial charge in [0.25, 0.3) is 0 Å². The maximum atomic E-state index is 13.4. The monoisotopic (exact) mass is 1310 g/mol. The maximum Gasteiger partial charge on any atom is 0.220 e. The van der Waals surface area contributed by atoms with Gasteiger partial charge in [0.2, 0.25) is 5.91 Å². The molecular formula is C73H133NO18. The summed E-state index contributed by atoms with van der Waals surface area (Å²) in [5.41, 5.74) is 0. The van der Waals surface area contributed by atoms with Crippen LogP contribution in [0.25, 0.3) is 0 Å². The molecule has 0 spiro atoms. The van der Waals surface area contributed by atoms with Crippen molar-refractivity contribution >= 4 is 5.91 Å². The number of carbonyl (C=O) groups is 1. The van der Waals surface area contributed by atoms with Crippen molar-refractivity contribution in [3.05, 3.63) is 48.6 Å². The highest BCUT2D eigenvalue weighted by atomic mass is 16.8. The Morgan fingerprint density at radius 2 is 0.696 bits per heavy atom. The predicted octanol–water partition coefficient (Wildman–Crippen LogP) is 10.6. The summed E-state index contributed by atoms with van der Waals surface area (Å²) >= 11 is 0. The van der Waals surface area contributed by atoms with Crippen molar-refractivity contribution in [1.82, 2.24) is 5.32 Å². The highest BCUT2D eigenvalue weighted by Gasteiger charge is 2.53. The van der Waals surface area contributed by atoms with Gasteiger partial charge in [0.1, 0.15) is 73.2 Å². The Hall–Kier alpha value is -2.25. The zero-order valence-electron chi connectivity index (χ0n) is 57.0. The van der Waals surface area contributed by atoms with Gasteiger partial charge in [-0.15, -0.1) is 0 Å². The van der Waals surface area contributed by atoms with E-state index in [1.165, 1.54) is 180 Å². The van der Waals surface area contributed by atoms with E-state index in [4.69, 9.17) is 28.4 Å². The molecule has 17 atom stereocenters. The molecule has 0 bridgehead atoms. The normalized spacial score (nSPS) is 27.9. The number of hydrogen-bond donors (Lipinski definition) is 12. The lowest BCUT2D eigenvalue weighted by molar-refractivity contribution is -0.379. The van der Waals surface area contributed by atoms with Crippen LogP contribution in [0.2, 0.25) is 0 Å². The average molecular weight is 1310 g/mol. The van der Waals surface area contributed by atoms with Gasteiger partial charge in [0, 0.05) is 6.42 Å². The molecule has 0 aromatic carbocycles. The van der Waals surface area contributed by atoms with Crippen molar-refractivity contribution in [3.63, 3.8) is 0 Å². The van der Waals surface area contributed by atoms with Crippen LogP contribution in [0.1, 0.15) is 277 Å². The predicted molar refractivity (Wildman–Crippen MR) is 360 cm³/mol. The molecule has 12 N–H and O–H groups in total. The number of amides is 1. The molecule has 0 aliphatic carbocycles. The van der Waals surface area contributed by atoms with E-state index in [2.05, 4.69) is 55.6 Å². The van der Waals surface area contributed by atoms with E-state index < -0.39 is 124 Å². The Kier molecular flexibility index (Phi) is 50.0. The van der Waals surface area contributed by atoms with Crippen LogP contribution in [0.5, 0.6) is 0 Å². The van der Waals surface area contributed by atoms with Crippen molar-refractivity contribution in [3.8, 4) is 0 Å². The third-order valence-corrected chi connectivity index (χ3v) is 18.3. The number of allylic oxidation sites excluding steroid dienone is 7. The number of ether oxygens (including phenoxy) is 6. The van der Waals surface area contributed by atoms with Gasteiger partial charge >= 0.3 is 0 Å². The molecule has 0 radical (unpaired) electrons. The minimum absolute atomic E-state index is 0.221. The van der Waals surface area contributed by atoms with Crippen LogP contribution in [0.4, 0.5) is 0 Å². The topological polar surface area (TPSA) is 307 Å². The molecule has 3 fully saturated rings. The lowest BCUT2D eigenvalue weighted by Gasteiger charge is -2.48. The van der Waals surface area contributed by atoms with Crippen LogP contribution < -0.4 is 5.32 Å². The molecule has 1 amide bonds.